The van der Waals surface area contributed by atoms with E-state index in [2.05, 4.69) is 9.62 Å². The van der Waals surface area contributed by atoms with E-state index < -0.39 is 21.2 Å². The molecule has 0 spiro atoms. The van der Waals surface area contributed by atoms with Gasteiger partial charge in [0.1, 0.15) is 18.6 Å². The van der Waals surface area contributed by atoms with Crippen LogP contribution in [-0.4, -0.2) is 52.7 Å². The fourth-order valence-electron chi connectivity index (χ4n) is 7.24. The quantitative estimate of drug-likeness (QED) is 0.396. The van der Waals surface area contributed by atoms with Crippen LogP contribution in [0.25, 0.3) is 0 Å². The summed E-state index contributed by atoms with van der Waals surface area (Å²) in [6.45, 7) is 4.04. The highest BCUT2D eigenvalue weighted by molar-refractivity contribution is 7.90. The zero-order chi connectivity index (χ0) is 31.3. The van der Waals surface area contributed by atoms with Gasteiger partial charge in [-0.2, -0.15) is 0 Å². The maximum atomic E-state index is 13.6. The highest BCUT2D eigenvalue weighted by Gasteiger charge is 2.39. The van der Waals surface area contributed by atoms with Crippen LogP contribution in [0.2, 0.25) is 5.02 Å². The molecule has 8 nitrogen and oxygen atoms in total. The van der Waals surface area contributed by atoms with Crippen molar-refractivity contribution in [1.29, 1.82) is 0 Å². The summed E-state index contributed by atoms with van der Waals surface area (Å²) in [5.41, 5.74) is 3.28. The molecule has 1 unspecified atom stereocenters. The average molecular weight is 645 g/mol. The number of amides is 1. The van der Waals surface area contributed by atoms with Crippen LogP contribution >= 0.6 is 11.6 Å². The normalized spacial score (nSPS) is 27.8. The Kier molecular flexibility index (Phi) is 10.9. The van der Waals surface area contributed by atoms with Crippen LogP contribution in [0.15, 0.2) is 36.4 Å². The van der Waals surface area contributed by atoms with E-state index in [1.54, 1.807) is 25.3 Å². The Hall–Kier alpha value is -2.62. The largest absolute Gasteiger partial charge is 0.487 e. The number of anilines is 1. The lowest BCUT2D eigenvalue weighted by atomic mass is 9.66. The van der Waals surface area contributed by atoms with Crippen molar-refractivity contribution >= 4 is 39.5 Å². The van der Waals surface area contributed by atoms with Crippen molar-refractivity contribution in [3.8, 4) is 5.75 Å². The zero-order valence-electron chi connectivity index (χ0n) is 25.8. The first-order chi connectivity index (χ1) is 21.2. The van der Waals surface area contributed by atoms with E-state index >= 15 is 0 Å². The van der Waals surface area contributed by atoms with Crippen molar-refractivity contribution in [1.82, 2.24) is 4.72 Å². The van der Waals surface area contributed by atoms with Gasteiger partial charge in [-0.25, -0.2) is 13.1 Å². The van der Waals surface area contributed by atoms with E-state index in [9.17, 15) is 18.0 Å². The molecular weight excluding hydrogens is 600 g/mol. The number of carbonyl (C=O) groups is 2. The number of methoxy groups -OCH3 is 1. The molecule has 1 fully saturated rings. The van der Waals surface area contributed by atoms with Crippen LogP contribution in [0.3, 0.4) is 0 Å². The first-order valence-corrected chi connectivity index (χ1v) is 17.9. The second-order valence-corrected chi connectivity index (χ2v) is 15.1. The van der Waals surface area contributed by atoms with Crippen LogP contribution < -0.4 is 14.4 Å². The van der Waals surface area contributed by atoms with Gasteiger partial charge in [0.05, 0.1) is 10.9 Å². The van der Waals surface area contributed by atoms with E-state index in [1.165, 1.54) is 5.56 Å². The molecule has 1 N–H and O–H groups in total. The molecule has 2 aliphatic heterocycles. The molecular formula is C34H45ClN2O6S. The van der Waals surface area contributed by atoms with Gasteiger partial charge in [-0.15, -0.1) is 0 Å². The molecule has 2 bridgehead atoms. The predicted octanol–water partition coefficient (Wildman–Crippen LogP) is 6.19. The van der Waals surface area contributed by atoms with Crippen molar-refractivity contribution < 1.29 is 27.5 Å². The monoisotopic (exact) mass is 644 g/mol. The maximum absolute atomic E-state index is 13.6. The number of carbonyl (C=O) groups excluding carboxylic acids is 2. The smallest absolute Gasteiger partial charge is 0.264 e. The van der Waals surface area contributed by atoms with E-state index in [0.717, 1.165) is 75.6 Å². The Morgan fingerprint density at radius 1 is 1.07 bits per heavy atom. The van der Waals surface area contributed by atoms with Gasteiger partial charge in [-0.05, 0) is 111 Å². The minimum Gasteiger partial charge on any atom is -0.487 e. The third-order valence-electron chi connectivity index (χ3n) is 9.96. The number of rotatable bonds is 4. The summed E-state index contributed by atoms with van der Waals surface area (Å²) >= 11 is 6.32. The van der Waals surface area contributed by atoms with Gasteiger partial charge in [0, 0.05) is 43.3 Å². The topological polar surface area (TPSA) is 102 Å². The number of hydrogen-bond donors (Lipinski definition) is 1. The Morgan fingerprint density at radius 3 is 2.66 bits per heavy atom. The van der Waals surface area contributed by atoms with Crippen molar-refractivity contribution in [3.05, 3.63) is 58.1 Å². The van der Waals surface area contributed by atoms with Gasteiger partial charge in [-0.1, -0.05) is 31.0 Å². The van der Waals surface area contributed by atoms with Crippen LogP contribution in [-0.2, 0) is 32.6 Å². The number of hydrogen-bond acceptors (Lipinski definition) is 7. The standard InChI is InChI=1S/C34H45ClN2O6S/c1-23-6-5-8-27(21-38)30-13-10-26(30)20-37-16-4-3-7-24-18-29(35)12-9-28(24)22-43-32-14-11-25(19-31(32)37)34(39)36-44(40,41)33(23)15-17-42-2/h9,11-12,14,18-19,21,23,26-27,30,33H,3-8,10,13,15-17,20,22H2,1-2H3,(H,36,39)/t23-,26-,27?,30+,33+/m0/s1. The zero-order valence-corrected chi connectivity index (χ0v) is 27.4. The van der Waals surface area contributed by atoms with Crippen LogP contribution in [0, 0.1) is 23.7 Å². The summed E-state index contributed by atoms with van der Waals surface area (Å²) in [6.07, 6.45) is 8.39. The molecule has 2 aromatic rings. The highest BCUT2D eigenvalue weighted by Crippen LogP contribution is 2.43. The fourth-order valence-corrected chi connectivity index (χ4v) is 9.11. The maximum Gasteiger partial charge on any atom is 0.264 e. The SMILES string of the molecule is COCC[C@@H]1[C@@H](C)CCCC(C=O)[C@@H]2CC[C@H]2CN2CCCCc3cc(Cl)ccc3COc3ccc(cc32)C(=O)NS1(=O)=O. The van der Waals surface area contributed by atoms with E-state index in [4.69, 9.17) is 21.1 Å². The Balaban J connectivity index is 1.53. The van der Waals surface area contributed by atoms with Gasteiger partial charge in [-0.3, -0.25) is 4.79 Å². The molecule has 1 aliphatic carbocycles. The van der Waals surface area contributed by atoms with E-state index in [-0.39, 0.29) is 30.4 Å². The van der Waals surface area contributed by atoms with Crippen LogP contribution in [0.5, 0.6) is 5.75 Å². The second-order valence-electron chi connectivity index (χ2n) is 12.8. The number of aryl methyl sites for hydroxylation is 1. The van der Waals surface area contributed by atoms with Crippen LogP contribution in [0.4, 0.5) is 5.69 Å². The van der Waals surface area contributed by atoms with Crippen molar-refractivity contribution in [2.24, 2.45) is 23.7 Å². The van der Waals surface area contributed by atoms with Crippen molar-refractivity contribution in [3.63, 3.8) is 0 Å². The van der Waals surface area contributed by atoms with Gasteiger partial charge >= 0.3 is 0 Å². The summed E-state index contributed by atoms with van der Waals surface area (Å²) < 4.78 is 41.3. The Labute approximate surface area is 266 Å². The lowest BCUT2D eigenvalue weighted by Crippen LogP contribution is -2.43. The van der Waals surface area contributed by atoms with E-state index in [0.29, 0.717) is 35.6 Å². The summed E-state index contributed by atoms with van der Waals surface area (Å²) in [4.78, 5) is 28.2. The lowest BCUT2D eigenvalue weighted by Gasteiger charge is -2.43. The lowest BCUT2D eigenvalue weighted by molar-refractivity contribution is -0.115. The fraction of sp³-hybridized carbons (Fsp3) is 0.588. The highest BCUT2D eigenvalue weighted by atomic mass is 35.5. The van der Waals surface area contributed by atoms with E-state index in [1.807, 2.05) is 25.1 Å². The number of sulfonamides is 1. The molecule has 1 amide bonds. The van der Waals surface area contributed by atoms with Gasteiger partial charge in [0.2, 0.25) is 10.0 Å². The summed E-state index contributed by atoms with van der Waals surface area (Å²) in [5, 5.41) is -0.0889. The molecule has 0 radical (unpaired) electrons. The predicted molar refractivity (Wildman–Crippen MR) is 173 cm³/mol. The van der Waals surface area contributed by atoms with Crippen molar-refractivity contribution in [2.45, 2.75) is 76.6 Å². The molecule has 2 heterocycles. The molecule has 10 heteroatoms. The molecule has 240 valence electrons. The van der Waals surface area contributed by atoms with Gasteiger partial charge in [0.15, 0.2) is 0 Å². The first kappa shape index (κ1) is 32.8. The molecule has 44 heavy (non-hydrogen) atoms. The number of ether oxygens (including phenoxy) is 2. The Morgan fingerprint density at radius 2 is 1.91 bits per heavy atom. The number of halogens is 1. The first-order valence-electron chi connectivity index (χ1n) is 16.0. The average Bonchev–Trinajstić information content (AvgIpc) is 3.01. The molecule has 2 aromatic carbocycles. The van der Waals surface area contributed by atoms with Crippen LogP contribution in [0.1, 0.15) is 79.8 Å². The minimum atomic E-state index is -4.00. The summed E-state index contributed by atoms with van der Waals surface area (Å²) in [7, 11) is -2.46. The summed E-state index contributed by atoms with van der Waals surface area (Å²) in [5.74, 6) is 0.393. The van der Waals surface area contributed by atoms with Gasteiger partial charge < -0.3 is 19.2 Å². The number of nitrogens with one attached hydrogen (secondary N) is 1. The summed E-state index contributed by atoms with van der Waals surface area (Å²) in [6, 6.07) is 11.1. The molecule has 5 rings (SSSR count). The molecule has 0 aromatic heterocycles. The second kappa shape index (κ2) is 14.6. The van der Waals surface area contributed by atoms with Crippen molar-refractivity contribution in [2.75, 3.05) is 31.7 Å². The van der Waals surface area contributed by atoms with Gasteiger partial charge in [0.25, 0.3) is 5.91 Å². The third-order valence-corrected chi connectivity index (χ3v) is 12.2. The molecule has 5 atom stereocenters. The minimum absolute atomic E-state index is 0.0483. The molecule has 3 aliphatic rings. The number of aldehydes is 1. The third kappa shape index (κ3) is 7.60. The molecule has 1 saturated carbocycles. The Bertz CT molecular complexity index is 1430. The number of benzene rings is 2. The molecule has 0 saturated heterocycles. The number of fused-ring (bicyclic) bond motifs is 3. The number of nitrogens with zero attached hydrogens (tertiary/aromatic N) is 1.